The highest BCUT2D eigenvalue weighted by Crippen LogP contribution is 2.35. The molecule has 0 saturated carbocycles. The zero-order valence-corrected chi connectivity index (χ0v) is 19.3. The number of nitrogens with zero attached hydrogens (tertiary/aromatic N) is 3. The van der Waals surface area contributed by atoms with Gasteiger partial charge in [0.15, 0.2) is 0 Å². The van der Waals surface area contributed by atoms with Gasteiger partial charge in [-0.2, -0.15) is 0 Å². The van der Waals surface area contributed by atoms with Crippen molar-refractivity contribution in [3.8, 4) is 0 Å². The van der Waals surface area contributed by atoms with Crippen LogP contribution in [0.15, 0.2) is 54.4 Å². The summed E-state index contributed by atoms with van der Waals surface area (Å²) in [5.41, 5.74) is 9.50. The van der Waals surface area contributed by atoms with Crippen molar-refractivity contribution in [3.63, 3.8) is 0 Å². The molecule has 4 aromatic rings. The van der Waals surface area contributed by atoms with Gasteiger partial charge >= 0.3 is 0 Å². The van der Waals surface area contributed by atoms with Crippen molar-refractivity contribution in [3.05, 3.63) is 76.5 Å². The number of aryl methyl sites for hydroxylation is 2. The summed E-state index contributed by atoms with van der Waals surface area (Å²) in [6.07, 6.45) is 4.54. The Bertz CT molecular complexity index is 1390. The van der Waals surface area contributed by atoms with Crippen molar-refractivity contribution < 1.29 is 14.6 Å². The lowest BCUT2D eigenvalue weighted by Crippen LogP contribution is -2.29. The van der Waals surface area contributed by atoms with Crippen LogP contribution in [-0.4, -0.2) is 37.0 Å². The zero-order chi connectivity index (χ0) is 22.6. The maximum absolute atomic E-state index is 14.6. The number of aliphatic hydroxyl groups is 2. The van der Waals surface area contributed by atoms with E-state index in [4.69, 9.17) is 17.3 Å². The fourth-order valence-electron chi connectivity index (χ4n) is 4.50. The summed E-state index contributed by atoms with van der Waals surface area (Å²) in [6.45, 7) is 1.94. The van der Waals surface area contributed by atoms with Crippen LogP contribution < -0.4 is 5.73 Å². The quantitative estimate of drug-likeness (QED) is 0.366. The summed E-state index contributed by atoms with van der Waals surface area (Å²) in [6, 6.07) is 8.16. The average Bonchev–Trinajstić information content (AvgIpc) is 3.31. The molecule has 0 radical (unpaired) electrons. The van der Waals surface area contributed by atoms with E-state index in [1.165, 1.54) is 12.1 Å². The number of aliphatic hydroxyl groups excluding tert-OH is 2. The van der Waals surface area contributed by atoms with Crippen LogP contribution in [0, 0.1) is 12.7 Å². The maximum atomic E-state index is 14.6. The Balaban J connectivity index is 0.00000259. The summed E-state index contributed by atoms with van der Waals surface area (Å²) in [5, 5.41) is 22.9. The van der Waals surface area contributed by atoms with E-state index in [0.29, 0.717) is 23.7 Å². The molecule has 0 fully saturated rings. The number of nitrogen functional groups attached to an aromatic ring is 1. The Hall–Kier alpha value is -2.71. The molecule has 0 aliphatic heterocycles. The first-order valence-corrected chi connectivity index (χ1v) is 10.7. The number of hydrogen-bond donors (Lipinski definition) is 3. The third-order valence-electron chi connectivity index (χ3n) is 6.23. The molecule has 1 aliphatic carbocycles. The van der Waals surface area contributed by atoms with Crippen LogP contribution in [0.4, 0.5) is 10.2 Å². The van der Waals surface area contributed by atoms with Crippen LogP contribution in [0.5, 0.6) is 0 Å². The molecule has 172 valence electrons. The van der Waals surface area contributed by atoms with Gasteiger partial charge in [0.25, 0.3) is 0 Å². The van der Waals surface area contributed by atoms with Gasteiger partial charge in [0.05, 0.1) is 22.1 Å². The monoisotopic (exact) mass is 488 g/mol. The zero-order valence-electron chi connectivity index (χ0n) is 17.7. The van der Waals surface area contributed by atoms with Crippen LogP contribution >= 0.6 is 24.0 Å². The second kappa shape index (κ2) is 8.91. The van der Waals surface area contributed by atoms with E-state index < -0.39 is 24.1 Å². The van der Waals surface area contributed by atoms with Crippen molar-refractivity contribution in [1.82, 2.24) is 14.5 Å². The Kier molecular flexibility index (Phi) is 6.33. The molecule has 6 nitrogen and oxygen atoms in total. The molecule has 1 aromatic carbocycles. The van der Waals surface area contributed by atoms with Crippen LogP contribution in [0.25, 0.3) is 21.8 Å². The third kappa shape index (κ3) is 4.06. The normalized spacial score (nSPS) is 20.3. The topological polar surface area (TPSA) is 97.2 Å². The summed E-state index contributed by atoms with van der Waals surface area (Å²) >= 11 is 5.96. The van der Waals surface area contributed by atoms with E-state index >= 15 is 0 Å². The molecule has 33 heavy (non-hydrogen) atoms. The number of pyridine rings is 2. The fourth-order valence-corrected chi connectivity index (χ4v) is 4.65. The highest BCUT2D eigenvalue weighted by Gasteiger charge is 2.35. The summed E-state index contributed by atoms with van der Waals surface area (Å²) in [7, 11) is 0. The molecule has 9 heteroatoms. The summed E-state index contributed by atoms with van der Waals surface area (Å²) in [4.78, 5) is 8.49. The Morgan fingerprint density at radius 3 is 2.73 bits per heavy atom. The Labute approximate surface area is 200 Å². The largest absolute Gasteiger partial charge is 0.388 e. The number of anilines is 1. The lowest BCUT2D eigenvalue weighted by Gasteiger charge is -2.20. The first kappa shape index (κ1) is 23.4. The summed E-state index contributed by atoms with van der Waals surface area (Å²) in [5.74, 6) is -0.270. The molecular weight excluding hydrogens is 466 g/mol. The number of fused-ring (bicyclic) bond motifs is 2. The van der Waals surface area contributed by atoms with Crippen LogP contribution in [0.3, 0.4) is 0 Å². The van der Waals surface area contributed by atoms with Crippen molar-refractivity contribution in [2.24, 2.45) is 0 Å². The molecule has 3 heterocycles. The van der Waals surface area contributed by atoms with Gasteiger partial charge in [0.1, 0.15) is 23.8 Å². The lowest BCUT2D eigenvalue weighted by molar-refractivity contribution is 0.0318. The first-order chi connectivity index (χ1) is 15.3. The minimum absolute atomic E-state index is 0. The molecule has 4 N–H and O–H groups in total. The van der Waals surface area contributed by atoms with Gasteiger partial charge < -0.3 is 20.5 Å². The molecule has 3 aromatic heterocycles. The number of hydrogen-bond acceptors (Lipinski definition) is 5. The second-order valence-electron chi connectivity index (χ2n) is 8.22. The van der Waals surface area contributed by atoms with E-state index in [1.54, 1.807) is 12.3 Å². The highest BCUT2D eigenvalue weighted by molar-refractivity contribution is 6.33. The van der Waals surface area contributed by atoms with E-state index in [2.05, 4.69) is 9.97 Å². The van der Waals surface area contributed by atoms with Gasteiger partial charge in [-0.3, -0.25) is 4.98 Å². The predicted molar refractivity (Wildman–Crippen MR) is 130 cm³/mol. The Morgan fingerprint density at radius 1 is 1.15 bits per heavy atom. The predicted octanol–water partition coefficient (Wildman–Crippen LogP) is 4.53. The smallest absolute Gasteiger partial charge is 0.142 e. The summed E-state index contributed by atoms with van der Waals surface area (Å²) < 4.78 is 16.5. The molecule has 1 aliphatic rings. The SMILES string of the molecule is Cc1nccc2c1ccn2C1C=C(CCc2cc(F)c3cc(Cl)c(N)nc3c2)C(O)[C@@H]1O.Cl. The van der Waals surface area contributed by atoms with Gasteiger partial charge in [-0.05, 0) is 61.2 Å². The van der Waals surface area contributed by atoms with Gasteiger partial charge in [0, 0.05) is 28.9 Å². The van der Waals surface area contributed by atoms with E-state index in [-0.39, 0.29) is 23.2 Å². The molecule has 0 bridgehead atoms. The van der Waals surface area contributed by atoms with Crippen molar-refractivity contribution >= 4 is 51.6 Å². The molecule has 0 saturated heterocycles. The Morgan fingerprint density at radius 2 is 1.94 bits per heavy atom. The maximum Gasteiger partial charge on any atom is 0.142 e. The van der Waals surface area contributed by atoms with Crippen molar-refractivity contribution in [2.75, 3.05) is 5.73 Å². The minimum Gasteiger partial charge on any atom is -0.388 e. The van der Waals surface area contributed by atoms with Gasteiger partial charge in [-0.1, -0.05) is 17.7 Å². The number of nitrogens with two attached hydrogens (primary N) is 1. The molecule has 0 spiro atoms. The van der Waals surface area contributed by atoms with Crippen molar-refractivity contribution in [1.29, 1.82) is 0 Å². The molecule has 0 amide bonds. The highest BCUT2D eigenvalue weighted by atomic mass is 35.5. The number of benzene rings is 1. The fraction of sp³-hybridized carbons (Fsp3) is 0.250. The van der Waals surface area contributed by atoms with Gasteiger partial charge in [-0.15, -0.1) is 12.4 Å². The van der Waals surface area contributed by atoms with Gasteiger partial charge in [-0.25, -0.2) is 9.37 Å². The first-order valence-electron chi connectivity index (χ1n) is 10.4. The van der Waals surface area contributed by atoms with E-state index in [9.17, 15) is 14.6 Å². The van der Waals surface area contributed by atoms with Crippen LogP contribution in [-0.2, 0) is 6.42 Å². The number of aromatic nitrogens is 3. The standard InChI is InChI=1S/C24H22ClFN4O2.ClH/c1-12-15-5-7-30(20(15)4-6-28-12)21-10-14(22(31)23(21)32)3-2-13-8-18(26)16-11-17(25)24(27)29-19(16)9-13;/h4-11,21-23,31-32H,2-3H2,1H3,(H2,27,29);1H/t21?,22?,23-;/m1./s1. The minimum atomic E-state index is -0.988. The molecule has 5 rings (SSSR count). The van der Waals surface area contributed by atoms with E-state index in [0.717, 1.165) is 27.7 Å². The molecular formula is C24H23Cl2FN4O2. The van der Waals surface area contributed by atoms with Crippen molar-refractivity contribution in [2.45, 2.75) is 38.0 Å². The second-order valence-corrected chi connectivity index (χ2v) is 8.63. The average molecular weight is 489 g/mol. The van der Waals surface area contributed by atoms with Crippen LogP contribution in [0.1, 0.15) is 23.7 Å². The van der Waals surface area contributed by atoms with E-state index in [1.807, 2.05) is 35.9 Å². The third-order valence-corrected chi connectivity index (χ3v) is 6.53. The van der Waals surface area contributed by atoms with Gasteiger partial charge in [0.2, 0.25) is 0 Å². The van der Waals surface area contributed by atoms with Crippen LogP contribution in [0.2, 0.25) is 5.02 Å². The number of rotatable bonds is 4. The number of halogens is 3. The molecule has 2 unspecified atom stereocenters. The lowest BCUT2D eigenvalue weighted by atomic mass is 10.0. The molecule has 3 atom stereocenters.